The van der Waals surface area contributed by atoms with Crippen LogP contribution in [0.3, 0.4) is 0 Å². The van der Waals surface area contributed by atoms with Crippen molar-refractivity contribution < 1.29 is 0 Å². The summed E-state index contributed by atoms with van der Waals surface area (Å²) < 4.78 is 1.18. The molecular weight excluding hydrogens is 224 g/mol. The summed E-state index contributed by atoms with van der Waals surface area (Å²) in [5.41, 5.74) is 1.52. The van der Waals surface area contributed by atoms with Crippen molar-refractivity contribution in [2.45, 2.75) is 32.1 Å². The van der Waals surface area contributed by atoms with Gasteiger partial charge in [0, 0.05) is 4.47 Å². The molecule has 2 atom stereocenters. The standard InChI is InChI=1S/C12H15Br/c1-9-2-3-11(8-9)10-4-6-12(13)7-5-10/h4-7,9,11H,2-3,8H2,1H3. The zero-order valence-corrected chi connectivity index (χ0v) is 9.55. The lowest BCUT2D eigenvalue weighted by Crippen LogP contribution is -1.92. The molecule has 0 heterocycles. The summed E-state index contributed by atoms with van der Waals surface area (Å²) >= 11 is 3.47. The van der Waals surface area contributed by atoms with Gasteiger partial charge in [-0.15, -0.1) is 0 Å². The van der Waals surface area contributed by atoms with Gasteiger partial charge in [-0.2, -0.15) is 0 Å². The molecule has 1 saturated carbocycles. The molecule has 1 aliphatic rings. The van der Waals surface area contributed by atoms with Crippen molar-refractivity contribution in [2.75, 3.05) is 0 Å². The highest BCUT2D eigenvalue weighted by Gasteiger charge is 2.22. The van der Waals surface area contributed by atoms with Gasteiger partial charge in [-0.05, 0) is 42.4 Å². The van der Waals surface area contributed by atoms with Gasteiger partial charge < -0.3 is 0 Å². The van der Waals surface area contributed by atoms with Crippen LogP contribution in [-0.4, -0.2) is 0 Å². The Kier molecular flexibility index (Phi) is 2.73. The van der Waals surface area contributed by atoms with Gasteiger partial charge in [0.25, 0.3) is 0 Å². The second-order valence-electron chi connectivity index (χ2n) is 4.17. The summed E-state index contributed by atoms with van der Waals surface area (Å²) in [6.45, 7) is 2.36. The fourth-order valence-electron chi connectivity index (χ4n) is 2.24. The van der Waals surface area contributed by atoms with E-state index in [1.165, 1.54) is 29.3 Å². The molecule has 0 radical (unpaired) electrons. The van der Waals surface area contributed by atoms with Crippen molar-refractivity contribution in [3.63, 3.8) is 0 Å². The summed E-state index contributed by atoms with van der Waals surface area (Å²) in [5.74, 6) is 1.75. The predicted octanol–water partition coefficient (Wildman–Crippen LogP) is 4.35. The first-order valence-corrected chi connectivity index (χ1v) is 5.80. The van der Waals surface area contributed by atoms with Crippen LogP contribution in [0.5, 0.6) is 0 Å². The molecule has 0 spiro atoms. The van der Waals surface area contributed by atoms with E-state index in [1.807, 2.05) is 0 Å². The molecule has 1 aromatic carbocycles. The van der Waals surface area contributed by atoms with Gasteiger partial charge in [0.2, 0.25) is 0 Å². The van der Waals surface area contributed by atoms with Crippen LogP contribution < -0.4 is 0 Å². The number of rotatable bonds is 1. The minimum Gasteiger partial charge on any atom is -0.0625 e. The van der Waals surface area contributed by atoms with Crippen molar-refractivity contribution in [3.05, 3.63) is 34.3 Å². The van der Waals surface area contributed by atoms with Crippen LogP contribution in [0.2, 0.25) is 0 Å². The molecule has 0 bridgehead atoms. The first-order chi connectivity index (χ1) is 6.25. The minimum atomic E-state index is 0.822. The fraction of sp³-hybridized carbons (Fsp3) is 0.500. The van der Waals surface area contributed by atoms with E-state index in [1.54, 1.807) is 0 Å². The zero-order valence-electron chi connectivity index (χ0n) is 7.96. The second-order valence-corrected chi connectivity index (χ2v) is 5.08. The second kappa shape index (κ2) is 3.83. The quantitative estimate of drug-likeness (QED) is 0.683. The smallest absolute Gasteiger partial charge is 0.0175 e. The molecule has 0 aliphatic heterocycles. The van der Waals surface area contributed by atoms with E-state index in [0.717, 1.165) is 11.8 Å². The van der Waals surface area contributed by atoms with Crippen molar-refractivity contribution in [1.82, 2.24) is 0 Å². The molecule has 1 aromatic rings. The maximum Gasteiger partial charge on any atom is 0.0175 e. The lowest BCUT2D eigenvalue weighted by atomic mass is 9.97. The first-order valence-electron chi connectivity index (χ1n) is 5.01. The largest absolute Gasteiger partial charge is 0.0625 e. The number of hydrogen-bond acceptors (Lipinski definition) is 0. The Balaban J connectivity index is 2.13. The number of hydrogen-bond donors (Lipinski definition) is 0. The van der Waals surface area contributed by atoms with Crippen LogP contribution in [0.15, 0.2) is 28.7 Å². The van der Waals surface area contributed by atoms with E-state index in [0.29, 0.717) is 0 Å². The fourth-order valence-corrected chi connectivity index (χ4v) is 2.51. The average Bonchev–Trinajstić information content (AvgIpc) is 2.53. The van der Waals surface area contributed by atoms with Crippen LogP contribution >= 0.6 is 15.9 Å². The number of benzene rings is 1. The molecule has 2 unspecified atom stereocenters. The Bertz CT molecular complexity index is 276. The molecule has 2 rings (SSSR count). The highest BCUT2D eigenvalue weighted by Crippen LogP contribution is 2.37. The Labute approximate surface area is 88.5 Å². The van der Waals surface area contributed by atoms with Crippen molar-refractivity contribution >= 4 is 15.9 Å². The maximum atomic E-state index is 3.47. The van der Waals surface area contributed by atoms with Crippen LogP contribution in [-0.2, 0) is 0 Å². The highest BCUT2D eigenvalue weighted by atomic mass is 79.9. The van der Waals surface area contributed by atoms with E-state index in [9.17, 15) is 0 Å². The van der Waals surface area contributed by atoms with Gasteiger partial charge in [0.15, 0.2) is 0 Å². The third kappa shape index (κ3) is 2.14. The van der Waals surface area contributed by atoms with Crippen molar-refractivity contribution in [3.8, 4) is 0 Å². The van der Waals surface area contributed by atoms with Crippen molar-refractivity contribution in [2.24, 2.45) is 5.92 Å². The van der Waals surface area contributed by atoms with E-state index in [-0.39, 0.29) is 0 Å². The Morgan fingerprint density at radius 2 is 1.85 bits per heavy atom. The van der Waals surface area contributed by atoms with Crippen LogP contribution in [0.1, 0.15) is 37.7 Å². The minimum absolute atomic E-state index is 0.822. The summed E-state index contributed by atoms with van der Waals surface area (Å²) in [6.07, 6.45) is 4.16. The molecule has 0 nitrogen and oxygen atoms in total. The lowest BCUT2D eigenvalue weighted by molar-refractivity contribution is 0.596. The van der Waals surface area contributed by atoms with Crippen LogP contribution in [0, 0.1) is 5.92 Å². The predicted molar refractivity (Wildman–Crippen MR) is 59.9 cm³/mol. The highest BCUT2D eigenvalue weighted by molar-refractivity contribution is 9.10. The molecule has 0 amide bonds. The molecule has 1 aliphatic carbocycles. The zero-order chi connectivity index (χ0) is 9.26. The lowest BCUT2D eigenvalue weighted by Gasteiger charge is -2.09. The summed E-state index contributed by atoms with van der Waals surface area (Å²) in [7, 11) is 0. The van der Waals surface area contributed by atoms with Crippen LogP contribution in [0.4, 0.5) is 0 Å². The normalized spacial score (nSPS) is 27.8. The molecule has 0 aromatic heterocycles. The molecule has 13 heavy (non-hydrogen) atoms. The van der Waals surface area contributed by atoms with Crippen molar-refractivity contribution in [1.29, 1.82) is 0 Å². The molecule has 0 N–H and O–H groups in total. The van der Waals surface area contributed by atoms with Gasteiger partial charge in [-0.3, -0.25) is 0 Å². The average molecular weight is 239 g/mol. The molecule has 70 valence electrons. The van der Waals surface area contributed by atoms with Gasteiger partial charge in [0.1, 0.15) is 0 Å². The molecule has 0 saturated heterocycles. The van der Waals surface area contributed by atoms with E-state index >= 15 is 0 Å². The molecular formula is C12H15Br. The topological polar surface area (TPSA) is 0 Å². The first kappa shape index (κ1) is 9.26. The van der Waals surface area contributed by atoms with Gasteiger partial charge in [0.05, 0.1) is 0 Å². The van der Waals surface area contributed by atoms with Crippen LogP contribution in [0.25, 0.3) is 0 Å². The van der Waals surface area contributed by atoms with Gasteiger partial charge >= 0.3 is 0 Å². The Morgan fingerprint density at radius 1 is 1.15 bits per heavy atom. The van der Waals surface area contributed by atoms with E-state index in [4.69, 9.17) is 0 Å². The summed E-state index contributed by atoms with van der Waals surface area (Å²) in [5, 5.41) is 0. The SMILES string of the molecule is CC1CCC(c2ccc(Br)cc2)C1. The maximum absolute atomic E-state index is 3.47. The van der Waals surface area contributed by atoms with E-state index < -0.39 is 0 Å². The van der Waals surface area contributed by atoms with Gasteiger partial charge in [-0.1, -0.05) is 41.4 Å². The molecule has 1 heteroatoms. The summed E-state index contributed by atoms with van der Waals surface area (Å²) in [4.78, 5) is 0. The number of halogens is 1. The summed E-state index contributed by atoms with van der Waals surface area (Å²) in [6, 6.07) is 8.82. The Morgan fingerprint density at radius 3 is 2.38 bits per heavy atom. The third-order valence-corrected chi connectivity index (χ3v) is 3.56. The van der Waals surface area contributed by atoms with Gasteiger partial charge in [-0.25, -0.2) is 0 Å². The monoisotopic (exact) mass is 238 g/mol. The third-order valence-electron chi connectivity index (χ3n) is 3.04. The Hall–Kier alpha value is -0.300. The van der Waals surface area contributed by atoms with E-state index in [2.05, 4.69) is 47.1 Å². The molecule has 1 fully saturated rings.